The average molecular weight is 298 g/mol. The number of carbonyl (C=O) groups is 2. The molecule has 22 heavy (non-hydrogen) atoms. The Hall–Kier alpha value is -2.66. The van der Waals surface area contributed by atoms with E-state index < -0.39 is 5.97 Å². The Balaban J connectivity index is 2.13. The minimum Gasteiger partial charge on any atom is -0.478 e. The zero-order chi connectivity index (χ0) is 16.1. The van der Waals surface area contributed by atoms with Crippen molar-refractivity contribution in [2.45, 2.75) is 13.0 Å². The van der Waals surface area contributed by atoms with Gasteiger partial charge in [0.15, 0.2) is 0 Å². The molecule has 0 aliphatic carbocycles. The van der Waals surface area contributed by atoms with E-state index in [1.54, 1.807) is 19.2 Å². The first-order valence-electron chi connectivity index (χ1n) is 6.89. The third kappa shape index (κ3) is 3.51. The topological polar surface area (TPSA) is 83.6 Å². The van der Waals surface area contributed by atoms with Crippen molar-refractivity contribution in [1.82, 2.24) is 0 Å². The highest BCUT2D eigenvalue weighted by Gasteiger charge is 2.14. The molecular formula is C17H18N2O3. The lowest BCUT2D eigenvalue weighted by Crippen LogP contribution is -2.28. The van der Waals surface area contributed by atoms with Gasteiger partial charge >= 0.3 is 5.97 Å². The van der Waals surface area contributed by atoms with Crippen molar-refractivity contribution in [1.29, 1.82) is 0 Å². The van der Waals surface area contributed by atoms with E-state index in [2.05, 4.69) is 0 Å². The zero-order valence-corrected chi connectivity index (χ0v) is 12.3. The van der Waals surface area contributed by atoms with Crippen LogP contribution in [0.25, 0.3) is 0 Å². The molecule has 0 heterocycles. The van der Waals surface area contributed by atoms with Crippen LogP contribution in [0, 0.1) is 0 Å². The molecule has 114 valence electrons. The van der Waals surface area contributed by atoms with Gasteiger partial charge in [0.25, 0.3) is 0 Å². The Bertz CT molecular complexity index is 681. The molecule has 0 saturated carbocycles. The van der Waals surface area contributed by atoms with Crippen molar-refractivity contribution in [3.8, 4) is 0 Å². The molecule has 5 nitrogen and oxygen atoms in total. The second-order valence-corrected chi connectivity index (χ2v) is 4.95. The highest BCUT2D eigenvalue weighted by molar-refractivity contribution is 5.95. The van der Waals surface area contributed by atoms with Crippen molar-refractivity contribution < 1.29 is 14.7 Å². The van der Waals surface area contributed by atoms with Gasteiger partial charge in [0.05, 0.1) is 12.0 Å². The van der Waals surface area contributed by atoms with Gasteiger partial charge < -0.3 is 15.7 Å². The van der Waals surface area contributed by atoms with Gasteiger partial charge in [-0.2, -0.15) is 0 Å². The molecular weight excluding hydrogens is 280 g/mol. The number of amides is 1. The van der Waals surface area contributed by atoms with Gasteiger partial charge in [-0.05, 0) is 35.4 Å². The number of anilines is 1. The smallest absolute Gasteiger partial charge is 0.335 e. The summed E-state index contributed by atoms with van der Waals surface area (Å²) in [7, 11) is 1.67. The highest BCUT2D eigenvalue weighted by atomic mass is 16.4. The predicted octanol–water partition coefficient (Wildman–Crippen LogP) is 2.05. The van der Waals surface area contributed by atoms with Crippen LogP contribution in [0.5, 0.6) is 0 Å². The van der Waals surface area contributed by atoms with E-state index in [1.165, 1.54) is 17.0 Å². The van der Waals surface area contributed by atoms with Gasteiger partial charge in [0.2, 0.25) is 5.91 Å². The SMILES string of the molecule is CN(C(=O)Cc1ccccc1CN)c1ccc(C(=O)O)cc1. The summed E-state index contributed by atoms with van der Waals surface area (Å²) in [6, 6.07) is 13.8. The van der Waals surface area contributed by atoms with Crippen LogP contribution in [0.4, 0.5) is 5.69 Å². The predicted molar refractivity (Wildman–Crippen MR) is 84.8 cm³/mol. The number of hydrogen-bond acceptors (Lipinski definition) is 3. The highest BCUT2D eigenvalue weighted by Crippen LogP contribution is 2.16. The summed E-state index contributed by atoms with van der Waals surface area (Å²) in [5.41, 5.74) is 8.38. The molecule has 0 fully saturated rings. The van der Waals surface area contributed by atoms with E-state index in [-0.39, 0.29) is 17.9 Å². The van der Waals surface area contributed by atoms with Gasteiger partial charge in [0, 0.05) is 19.3 Å². The van der Waals surface area contributed by atoms with Crippen LogP contribution in [0.1, 0.15) is 21.5 Å². The molecule has 2 aromatic carbocycles. The molecule has 0 aliphatic heterocycles. The number of rotatable bonds is 5. The third-order valence-electron chi connectivity index (χ3n) is 3.56. The van der Waals surface area contributed by atoms with Crippen LogP contribution < -0.4 is 10.6 Å². The van der Waals surface area contributed by atoms with Crippen molar-refractivity contribution in [3.05, 3.63) is 65.2 Å². The summed E-state index contributed by atoms with van der Waals surface area (Å²) in [5, 5.41) is 8.88. The van der Waals surface area contributed by atoms with Gasteiger partial charge in [-0.25, -0.2) is 4.79 Å². The fourth-order valence-electron chi connectivity index (χ4n) is 2.18. The minimum absolute atomic E-state index is 0.0797. The summed E-state index contributed by atoms with van der Waals surface area (Å²) in [4.78, 5) is 24.7. The summed E-state index contributed by atoms with van der Waals surface area (Å²) in [6.07, 6.45) is 0.255. The molecule has 0 aromatic heterocycles. The minimum atomic E-state index is -0.989. The summed E-state index contributed by atoms with van der Waals surface area (Å²) < 4.78 is 0. The molecule has 2 aromatic rings. The lowest BCUT2D eigenvalue weighted by atomic mass is 10.0. The standard InChI is InChI=1S/C17H18N2O3/c1-19(15-8-6-12(7-9-15)17(21)22)16(20)10-13-4-2-3-5-14(13)11-18/h2-9H,10-11,18H2,1H3,(H,21,22). The van der Waals surface area contributed by atoms with Crippen molar-refractivity contribution in [2.75, 3.05) is 11.9 Å². The van der Waals surface area contributed by atoms with Gasteiger partial charge in [-0.3, -0.25) is 4.79 Å². The Morgan fingerprint density at radius 1 is 1.05 bits per heavy atom. The molecule has 2 rings (SSSR count). The molecule has 0 saturated heterocycles. The van der Waals surface area contributed by atoms with E-state index in [1.807, 2.05) is 24.3 Å². The third-order valence-corrected chi connectivity index (χ3v) is 3.56. The summed E-state index contributed by atoms with van der Waals surface area (Å²) in [5.74, 6) is -1.07. The number of benzene rings is 2. The number of aromatic carboxylic acids is 1. The lowest BCUT2D eigenvalue weighted by Gasteiger charge is -2.18. The normalized spacial score (nSPS) is 10.3. The second-order valence-electron chi connectivity index (χ2n) is 4.95. The molecule has 0 aliphatic rings. The van der Waals surface area contributed by atoms with E-state index in [0.29, 0.717) is 12.2 Å². The molecule has 0 radical (unpaired) electrons. The molecule has 0 bridgehead atoms. The van der Waals surface area contributed by atoms with Gasteiger partial charge in [-0.15, -0.1) is 0 Å². The van der Waals surface area contributed by atoms with Crippen molar-refractivity contribution in [2.24, 2.45) is 5.73 Å². The molecule has 3 N–H and O–H groups in total. The first-order valence-corrected chi connectivity index (χ1v) is 6.89. The van der Waals surface area contributed by atoms with Crippen LogP contribution in [0.15, 0.2) is 48.5 Å². The zero-order valence-electron chi connectivity index (χ0n) is 12.3. The van der Waals surface area contributed by atoms with Crippen LogP contribution in [0.2, 0.25) is 0 Å². The van der Waals surface area contributed by atoms with Crippen LogP contribution in [0.3, 0.4) is 0 Å². The fourth-order valence-corrected chi connectivity index (χ4v) is 2.18. The maximum atomic E-state index is 12.4. The van der Waals surface area contributed by atoms with E-state index in [0.717, 1.165) is 11.1 Å². The van der Waals surface area contributed by atoms with Gasteiger partial charge in [-0.1, -0.05) is 24.3 Å². The molecule has 0 unspecified atom stereocenters. The first kappa shape index (κ1) is 15.7. The summed E-state index contributed by atoms with van der Waals surface area (Å²) in [6.45, 7) is 0.389. The van der Waals surface area contributed by atoms with Crippen LogP contribution >= 0.6 is 0 Å². The second kappa shape index (κ2) is 6.87. The number of carboxylic acids is 1. The Morgan fingerprint density at radius 2 is 1.64 bits per heavy atom. The Kier molecular flexibility index (Phi) is 4.91. The maximum Gasteiger partial charge on any atom is 0.335 e. The Morgan fingerprint density at radius 3 is 2.18 bits per heavy atom. The van der Waals surface area contributed by atoms with Gasteiger partial charge in [0.1, 0.15) is 0 Å². The van der Waals surface area contributed by atoms with Crippen LogP contribution in [-0.4, -0.2) is 24.0 Å². The largest absolute Gasteiger partial charge is 0.478 e. The summed E-state index contributed by atoms with van der Waals surface area (Å²) >= 11 is 0. The number of carboxylic acid groups (broad SMARTS) is 1. The average Bonchev–Trinajstić information content (AvgIpc) is 2.54. The number of likely N-dealkylation sites (N-methyl/N-ethyl adjacent to an activating group) is 1. The van der Waals surface area contributed by atoms with Crippen molar-refractivity contribution >= 4 is 17.6 Å². The number of nitrogens with zero attached hydrogens (tertiary/aromatic N) is 1. The quantitative estimate of drug-likeness (QED) is 0.885. The molecule has 0 atom stereocenters. The number of hydrogen-bond donors (Lipinski definition) is 2. The number of carbonyl (C=O) groups excluding carboxylic acids is 1. The van der Waals surface area contributed by atoms with E-state index in [4.69, 9.17) is 10.8 Å². The molecule has 1 amide bonds. The lowest BCUT2D eigenvalue weighted by molar-refractivity contribution is -0.117. The monoisotopic (exact) mass is 298 g/mol. The maximum absolute atomic E-state index is 12.4. The van der Waals surface area contributed by atoms with E-state index in [9.17, 15) is 9.59 Å². The Labute approximate surface area is 129 Å². The molecule has 5 heteroatoms. The van der Waals surface area contributed by atoms with Crippen LogP contribution in [-0.2, 0) is 17.8 Å². The number of nitrogens with two attached hydrogens (primary N) is 1. The van der Waals surface area contributed by atoms with E-state index >= 15 is 0 Å². The first-order chi connectivity index (χ1) is 10.5. The molecule has 0 spiro atoms. The van der Waals surface area contributed by atoms with Crippen molar-refractivity contribution in [3.63, 3.8) is 0 Å². The fraction of sp³-hybridized carbons (Fsp3) is 0.176.